The first-order chi connectivity index (χ1) is 14.5. The lowest BCUT2D eigenvalue weighted by molar-refractivity contribution is -0.135. The minimum absolute atomic E-state index is 0.0441. The Labute approximate surface area is 173 Å². The van der Waals surface area contributed by atoms with Crippen LogP contribution in [0.1, 0.15) is 12.5 Å². The Morgan fingerprint density at radius 1 is 1.23 bits per heavy atom. The molecule has 1 aromatic heterocycles. The van der Waals surface area contributed by atoms with E-state index in [2.05, 4.69) is 20.7 Å². The van der Waals surface area contributed by atoms with Gasteiger partial charge in [0.1, 0.15) is 11.5 Å². The number of ether oxygens (including phenoxy) is 1. The summed E-state index contributed by atoms with van der Waals surface area (Å²) in [6, 6.07) is 10.8. The van der Waals surface area contributed by atoms with Crippen LogP contribution in [0.5, 0.6) is 0 Å². The van der Waals surface area contributed by atoms with E-state index in [4.69, 9.17) is 4.74 Å². The Bertz CT molecular complexity index is 902. The van der Waals surface area contributed by atoms with Gasteiger partial charge in [-0.1, -0.05) is 30.3 Å². The fraction of sp³-hybridized carbons (Fsp3) is 0.400. The zero-order chi connectivity index (χ0) is 21.1. The number of amides is 2. The molecule has 3 heterocycles. The van der Waals surface area contributed by atoms with Crippen molar-refractivity contribution in [1.29, 1.82) is 0 Å². The molecule has 0 radical (unpaired) electrons. The molecule has 3 unspecified atom stereocenters. The van der Waals surface area contributed by atoms with Crippen molar-refractivity contribution in [2.75, 3.05) is 31.1 Å². The number of hydrogen-bond acceptors (Lipinski definition) is 7. The van der Waals surface area contributed by atoms with Crippen LogP contribution in [0.3, 0.4) is 0 Å². The van der Waals surface area contributed by atoms with E-state index in [9.17, 15) is 14.0 Å². The van der Waals surface area contributed by atoms with Crippen LogP contribution in [-0.2, 0) is 14.9 Å². The average Bonchev–Trinajstić information content (AvgIpc) is 3.21. The van der Waals surface area contributed by atoms with Gasteiger partial charge in [0.15, 0.2) is 6.30 Å². The van der Waals surface area contributed by atoms with Crippen LogP contribution < -0.4 is 15.6 Å². The van der Waals surface area contributed by atoms with Crippen LogP contribution in [0.4, 0.5) is 15.1 Å². The summed E-state index contributed by atoms with van der Waals surface area (Å²) in [4.78, 5) is 34.6. The highest BCUT2D eigenvalue weighted by Gasteiger charge is 2.48. The second kappa shape index (κ2) is 8.23. The third kappa shape index (κ3) is 3.78. The number of alkyl carbamates (subject to hydrolysis) is 1. The van der Waals surface area contributed by atoms with Crippen molar-refractivity contribution in [2.45, 2.75) is 24.7 Å². The maximum Gasteiger partial charge on any atom is 0.407 e. The first-order valence-corrected chi connectivity index (χ1v) is 9.72. The highest BCUT2D eigenvalue weighted by molar-refractivity contribution is 5.89. The molecule has 2 N–H and O–H groups in total. The molecule has 2 aromatic rings. The van der Waals surface area contributed by atoms with E-state index >= 15 is 0 Å². The topological polar surface area (TPSA) is 99.7 Å². The quantitative estimate of drug-likeness (QED) is 0.704. The molecule has 0 bridgehead atoms. The third-order valence-electron chi connectivity index (χ3n) is 5.56. The summed E-state index contributed by atoms with van der Waals surface area (Å²) < 4.78 is 20.1. The predicted octanol–water partition coefficient (Wildman–Crippen LogP) is 0.992. The number of carbonyl (C=O) groups excluding carboxylic acids is 2. The molecule has 158 valence electrons. The van der Waals surface area contributed by atoms with Crippen molar-refractivity contribution >= 4 is 17.9 Å². The lowest BCUT2D eigenvalue weighted by Gasteiger charge is -2.40. The Morgan fingerprint density at radius 2 is 1.97 bits per heavy atom. The smallest absolute Gasteiger partial charge is 0.407 e. The van der Waals surface area contributed by atoms with E-state index in [0.717, 1.165) is 0 Å². The number of benzene rings is 1. The predicted molar refractivity (Wildman–Crippen MR) is 106 cm³/mol. The van der Waals surface area contributed by atoms with Crippen molar-refractivity contribution in [2.24, 2.45) is 0 Å². The van der Waals surface area contributed by atoms with E-state index in [1.807, 2.05) is 30.3 Å². The van der Waals surface area contributed by atoms with E-state index in [1.54, 1.807) is 25.4 Å². The van der Waals surface area contributed by atoms with Gasteiger partial charge in [0, 0.05) is 25.5 Å². The summed E-state index contributed by atoms with van der Waals surface area (Å²) in [6.07, 6.45) is 0.495. The lowest BCUT2D eigenvalue weighted by atomic mass is 9.76. The Balaban J connectivity index is 1.49. The van der Waals surface area contributed by atoms with Crippen LogP contribution in [0.2, 0.25) is 0 Å². The van der Waals surface area contributed by atoms with Crippen LogP contribution in [0.25, 0.3) is 0 Å². The number of nitrogens with one attached hydrogen (secondary N) is 2. The van der Waals surface area contributed by atoms with Crippen LogP contribution in [0.15, 0.2) is 48.8 Å². The Hall–Kier alpha value is -3.27. The number of nitrogens with zero attached hydrogens (tertiary/aromatic N) is 4. The molecule has 0 saturated carbocycles. The second-order valence-electron chi connectivity index (χ2n) is 7.41. The molecule has 2 amide bonds. The van der Waals surface area contributed by atoms with E-state index in [0.29, 0.717) is 24.6 Å². The molecule has 2 aliphatic rings. The molecular formula is C20H23FN6O3. The van der Waals surface area contributed by atoms with Crippen LogP contribution >= 0.6 is 0 Å². The summed E-state index contributed by atoms with van der Waals surface area (Å²) in [6.45, 7) is 2.59. The summed E-state index contributed by atoms with van der Waals surface area (Å²) in [7, 11) is 0. The number of carbonyl (C=O) groups is 2. The highest BCUT2D eigenvalue weighted by atomic mass is 19.1. The van der Waals surface area contributed by atoms with E-state index in [1.165, 1.54) is 9.91 Å². The first-order valence-electron chi connectivity index (χ1n) is 9.72. The Kier molecular flexibility index (Phi) is 5.49. The molecule has 9 nitrogen and oxygen atoms in total. The molecule has 0 spiro atoms. The number of rotatable bonds is 5. The minimum atomic E-state index is -1.38. The molecule has 0 aliphatic carbocycles. The fourth-order valence-corrected chi connectivity index (χ4v) is 3.72. The van der Waals surface area contributed by atoms with Crippen molar-refractivity contribution in [1.82, 2.24) is 25.7 Å². The number of piperazine rings is 1. The van der Waals surface area contributed by atoms with Crippen LogP contribution in [0, 0.1) is 0 Å². The maximum absolute atomic E-state index is 14.8. The maximum atomic E-state index is 14.8. The minimum Gasteiger partial charge on any atom is -0.443 e. The zero-order valence-electron chi connectivity index (χ0n) is 16.5. The van der Waals surface area contributed by atoms with Crippen molar-refractivity contribution in [3.63, 3.8) is 0 Å². The van der Waals surface area contributed by atoms with Crippen molar-refractivity contribution < 1.29 is 18.7 Å². The Morgan fingerprint density at radius 3 is 2.60 bits per heavy atom. The highest BCUT2D eigenvalue weighted by Crippen LogP contribution is 2.32. The normalized spacial score (nSPS) is 23.9. The number of anilines is 1. The molecular weight excluding hydrogens is 391 g/mol. The number of cyclic esters (lactones) is 1. The number of halogens is 1. The number of hydrogen-bond donors (Lipinski definition) is 2. The summed E-state index contributed by atoms with van der Waals surface area (Å²) in [5.74, 6) is -0.0548. The largest absolute Gasteiger partial charge is 0.443 e. The zero-order valence-corrected chi connectivity index (χ0v) is 16.5. The summed E-state index contributed by atoms with van der Waals surface area (Å²) in [5.41, 5.74) is 2.38. The molecule has 1 aromatic carbocycles. The molecule has 2 aliphatic heterocycles. The van der Waals surface area contributed by atoms with E-state index < -0.39 is 23.9 Å². The standard InChI is InChI=1S/C20H23FN6O3/c1-20(14-6-3-2-4-7-14,15-12-24-19(29)30-15)17(28)25-26-10-11-27(16(21)13-26)18-22-8-5-9-23-18/h2-9,15-16H,10-13H2,1H3,(H,24,29)(H,25,28). The van der Waals surface area contributed by atoms with Gasteiger partial charge in [-0.15, -0.1) is 0 Å². The molecule has 2 saturated heterocycles. The van der Waals surface area contributed by atoms with E-state index in [-0.39, 0.29) is 19.0 Å². The monoisotopic (exact) mass is 414 g/mol. The van der Waals surface area contributed by atoms with Gasteiger partial charge in [-0.25, -0.2) is 24.2 Å². The molecule has 4 rings (SSSR count). The van der Waals surface area contributed by atoms with Gasteiger partial charge in [0.05, 0.1) is 13.1 Å². The number of aromatic nitrogens is 2. The fourth-order valence-electron chi connectivity index (χ4n) is 3.72. The van der Waals surface area contributed by atoms with Gasteiger partial charge in [-0.3, -0.25) is 10.2 Å². The summed E-state index contributed by atoms with van der Waals surface area (Å²) in [5, 5.41) is 4.14. The molecule has 2 fully saturated rings. The van der Waals surface area contributed by atoms with Gasteiger partial charge in [0.25, 0.3) is 0 Å². The van der Waals surface area contributed by atoms with Gasteiger partial charge in [0.2, 0.25) is 11.9 Å². The van der Waals surface area contributed by atoms with Crippen molar-refractivity contribution in [3.8, 4) is 0 Å². The second-order valence-corrected chi connectivity index (χ2v) is 7.41. The first kappa shape index (κ1) is 20.0. The van der Waals surface area contributed by atoms with Gasteiger partial charge < -0.3 is 15.0 Å². The lowest BCUT2D eigenvalue weighted by Crippen LogP contribution is -2.61. The van der Waals surface area contributed by atoms with Gasteiger partial charge >= 0.3 is 6.09 Å². The SMILES string of the molecule is CC(C(=O)NN1CCN(c2ncccn2)C(F)C1)(c1ccccc1)C1CNC(=O)O1. The number of alkyl halides is 1. The number of hydrazine groups is 1. The van der Waals surface area contributed by atoms with Gasteiger partial charge in [-0.2, -0.15) is 0 Å². The van der Waals surface area contributed by atoms with Gasteiger partial charge in [-0.05, 0) is 18.6 Å². The molecule has 3 atom stereocenters. The molecule has 30 heavy (non-hydrogen) atoms. The van der Waals surface area contributed by atoms with Crippen molar-refractivity contribution in [3.05, 3.63) is 54.4 Å². The summed E-state index contributed by atoms with van der Waals surface area (Å²) >= 11 is 0. The van der Waals surface area contributed by atoms with Crippen LogP contribution in [-0.4, -0.2) is 65.6 Å². The average molecular weight is 414 g/mol. The molecule has 10 heteroatoms. The third-order valence-corrected chi connectivity index (χ3v) is 5.56.